The van der Waals surface area contributed by atoms with Gasteiger partial charge in [-0.1, -0.05) is 18.6 Å². The van der Waals surface area contributed by atoms with E-state index in [0.717, 1.165) is 12.3 Å². The highest BCUT2D eigenvalue weighted by atomic mass is 16.5. The van der Waals surface area contributed by atoms with Crippen LogP contribution in [-0.4, -0.2) is 31.6 Å². The molecule has 1 fully saturated rings. The van der Waals surface area contributed by atoms with Crippen LogP contribution < -0.4 is 10.5 Å². The van der Waals surface area contributed by atoms with Crippen LogP contribution in [0.4, 0.5) is 0 Å². The molecule has 1 aliphatic rings. The summed E-state index contributed by atoms with van der Waals surface area (Å²) >= 11 is 0. The Morgan fingerprint density at radius 2 is 1.82 bits per heavy atom. The number of rotatable bonds is 4. The fraction of sp³-hybridized carbons (Fsp3) is 0.571. The quantitative estimate of drug-likeness (QED) is 0.868. The molecular formula is C14H22N2O. The third kappa shape index (κ3) is 3.45. The fourth-order valence-electron chi connectivity index (χ4n) is 2.38. The summed E-state index contributed by atoms with van der Waals surface area (Å²) in [6, 6.07) is 8.19. The second-order valence-electron chi connectivity index (χ2n) is 4.74. The van der Waals surface area contributed by atoms with Crippen LogP contribution in [0.25, 0.3) is 0 Å². The minimum atomic E-state index is 0.110. The van der Waals surface area contributed by atoms with Gasteiger partial charge in [0.1, 0.15) is 5.75 Å². The number of nitrogens with two attached hydrogens (primary N) is 1. The Balaban J connectivity index is 1.91. The Morgan fingerprint density at radius 1 is 1.18 bits per heavy atom. The Hall–Kier alpha value is -1.06. The number of piperidine rings is 1. The zero-order chi connectivity index (χ0) is 12.1. The lowest BCUT2D eigenvalue weighted by molar-refractivity contribution is 0.216. The van der Waals surface area contributed by atoms with E-state index in [1.54, 1.807) is 7.11 Å². The maximum absolute atomic E-state index is 6.23. The number of methoxy groups -OCH3 is 1. The molecular weight excluding hydrogens is 212 g/mol. The second kappa shape index (κ2) is 6.03. The van der Waals surface area contributed by atoms with Crippen molar-refractivity contribution in [1.82, 2.24) is 4.90 Å². The third-order valence-corrected chi connectivity index (χ3v) is 3.45. The van der Waals surface area contributed by atoms with Crippen LogP contribution in [0, 0.1) is 0 Å². The smallest absolute Gasteiger partial charge is 0.118 e. The van der Waals surface area contributed by atoms with E-state index in [9.17, 15) is 0 Å². The van der Waals surface area contributed by atoms with Crippen LogP contribution >= 0.6 is 0 Å². The van der Waals surface area contributed by atoms with Crippen molar-refractivity contribution >= 4 is 0 Å². The standard InChI is InChI=1S/C14H22N2O/c1-17-13-7-5-12(6-8-13)14(15)11-16-9-3-2-4-10-16/h5-8,14H,2-4,9-11,15H2,1H3. The van der Waals surface area contributed by atoms with Crippen molar-refractivity contribution < 1.29 is 4.74 Å². The van der Waals surface area contributed by atoms with Gasteiger partial charge in [0.2, 0.25) is 0 Å². The first kappa shape index (κ1) is 12.4. The van der Waals surface area contributed by atoms with Crippen LogP contribution in [0.5, 0.6) is 5.75 Å². The van der Waals surface area contributed by atoms with Gasteiger partial charge in [0.15, 0.2) is 0 Å². The lowest BCUT2D eigenvalue weighted by Gasteiger charge is -2.29. The molecule has 0 saturated carbocycles. The maximum Gasteiger partial charge on any atom is 0.118 e. The van der Waals surface area contributed by atoms with E-state index in [0.29, 0.717) is 0 Å². The molecule has 3 nitrogen and oxygen atoms in total. The Kier molecular flexibility index (Phi) is 4.40. The highest BCUT2D eigenvalue weighted by Crippen LogP contribution is 2.18. The lowest BCUT2D eigenvalue weighted by Crippen LogP contribution is -2.36. The molecule has 1 atom stereocenters. The van der Waals surface area contributed by atoms with Crippen LogP contribution in [0.3, 0.4) is 0 Å². The van der Waals surface area contributed by atoms with E-state index in [1.165, 1.54) is 37.9 Å². The number of hydrogen-bond acceptors (Lipinski definition) is 3. The summed E-state index contributed by atoms with van der Waals surface area (Å²) in [5, 5.41) is 0. The van der Waals surface area contributed by atoms with Crippen molar-refractivity contribution in [2.24, 2.45) is 5.73 Å². The van der Waals surface area contributed by atoms with Crippen LogP contribution in [0.15, 0.2) is 24.3 Å². The first-order valence-corrected chi connectivity index (χ1v) is 6.41. The van der Waals surface area contributed by atoms with Crippen molar-refractivity contribution in [3.8, 4) is 5.75 Å². The molecule has 0 bridgehead atoms. The van der Waals surface area contributed by atoms with E-state index in [-0.39, 0.29) is 6.04 Å². The Bertz CT molecular complexity index is 331. The number of likely N-dealkylation sites (tertiary alicyclic amines) is 1. The molecule has 17 heavy (non-hydrogen) atoms. The first-order chi connectivity index (χ1) is 8.29. The van der Waals surface area contributed by atoms with Gasteiger partial charge in [-0.3, -0.25) is 0 Å². The zero-order valence-corrected chi connectivity index (χ0v) is 10.6. The molecule has 0 amide bonds. The Morgan fingerprint density at radius 3 is 2.41 bits per heavy atom. The van der Waals surface area contributed by atoms with E-state index in [1.807, 2.05) is 12.1 Å². The summed E-state index contributed by atoms with van der Waals surface area (Å²) in [6.45, 7) is 3.36. The van der Waals surface area contributed by atoms with Gasteiger partial charge >= 0.3 is 0 Å². The molecule has 0 radical (unpaired) electrons. The molecule has 3 heteroatoms. The van der Waals surface area contributed by atoms with Gasteiger partial charge in [-0.25, -0.2) is 0 Å². The Labute approximate surface area is 104 Å². The highest BCUT2D eigenvalue weighted by Gasteiger charge is 2.14. The van der Waals surface area contributed by atoms with Crippen molar-refractivity contribution in [3.63, 3.8) is 0 Å². The van der Waals surface area contributed by atoms with Crippen LogP contribution in [-0.2, 0) is 0 Å². The van der Waals surface area contributed by atoms with Crippen molar-refractivity contribution in [2.75, 3.05) is 26.7 Å². The topological polar surface area (TPSA) is 38.5 Å². The molecule has 1 unspecified atom stereocenters. The van der Waals surface area contributed by atoms with E-state index in [2.05, 4.69) is 17.0 Å². The van der Waals surface area contributed by atoms with Gasteiger partial charge in [0.25, 0.3) is 0 Å². The minimum absolute atomic E-state index is 0.110. The van der Waals surface area contributed by atoms with Gasteiger partial charge in [0, 0.05) is 12.6 Å². The number of benzene rings is 1. The summed E-state index contributed by atoms with van der Waals surface area (Å²) < 4.78 is 5.15. The molecule has 0 spiro atoms. The summed E-state index contributed by atoms with van der Waals surface area (Å²) in [5.74, 6) is 0.888. The van der Waals surface area contributed by atoms with Gasteiger partial charge in [0.05, 0.1) is 7.11 Å². The summed E-state index contributed by atoms with van der Waals surface area (Å²) in [4.78, 5) is 2.47. The molecule has 1 aromatic rings. The molecule has 2 N–H and O–H groups in total. The molecule has 1 aliphatic heterocycles. The predicted octanol–water partition coefficient (Wildman–Crippen LogP) is 2.18. The normalized spacial score (nSPS) is 18.9. The van der Waals surface area contributed by atoms with Crippen molar-refractivity contribution in [2.45, 2.75) is 25.3 Å². The van der Waals surface area contributed by atoms with Crippen molar-refractivity contribution in [1.29, 1.82) is 0 Å². The molecule has 1 aromatic carbocycles. The zero-order valence-electron chi connectivity index (χ0n) is 10.6. The third-order valence-electron chi connectivity index (χ3n) is 3.45. The average molecular weight is 234 g/mol. The van der Waals surface area contributed by atoms with Crippen LogP contribution in [0.2, 0.25) is 0 Å². The van der Waals surface area contributed by atoms with Gasteiger partial charge in [-0.05, 0) is 43.6 Å². The summed E-state index contributed by atoms with van der Waals surface area (Å²) in [7, 11) is 1.68. The lowest BCUT2D eigenvalue weighted by atomic mass is 10.1. The second-order valence-corrected chi connectivity index (χ2v) is 4.74. The summed E-state index contributed by atoms with van der Waals surface area (Å²) in [6.07, 6.45) is 4.00. The van der Waals surface area contributed by atoms with E-state index < -0.39 is 0 Å². The maximum atomic E-state index is 6.23. The molecule has 0 aliphatic carbocycles. The largest absolute Gasteiger partial charge is 0.497 e. The first-order valence-electron chi connectivity index (χ1n) is 6.41. The van der Waals surface area contributed by atoms with Gasteiger partial charge in [-0.2, -0.15) is 0 Å². The molecule has 2 rings (SSSR count). The SMILES string of the molecule is COc1ccc(C(N)CN2CCCCC2)cc1. The summed E-state index contributed by atoms with van der Waals surface area (Å²) in [5.41, 5.74) is 7.43. The average Bonchev–Trinajstić information content (AvgIpc) is 2.40. The van der Waals surface area contributed by atoms with Crippen LogP contribution in [0.1, 0.15) is 30.9 Å². The fourth-order valence-corrected chi connectivity index (χ4v) is 2.38. The predicted molar refractivity (Wildman–Crippen MR) is 70.2 cm³/mol. The molecule has 0 aromatic heterocycles. The minimum Gasteiger partial charge on any atom is -0.497 e. The number of hydrogen-bond donors (Lipinski definition) is 1. The number of ether oxygens (including phenoxy) is 1. The molecule has 1 heterocycles. The highest BCUT2D eigenvalue weighted by molar-refractivity contribution is 5.29. The van der Waals surface area contributed by atoms with E-state index in [4.69, 9.17) is 10.5 Å². The molecule has 94 valence electrons. The molecule has 1 saturated heterocycles. The van der Waals surface area contributed by atoms with Gasteiger partial charge in [-0.15, -0.1) is 0 Å². The van der Waals surface area contributed by atoms with E-state index >= 15 is 0 Å². The number of nitrogens with zero attached hydrogens (tertiary/aromatic N) is 1. The monoisotopic (exact) mass is 234 g/mol. The van der Waals surface area contributed by atoms with Gasteiger partial charge < -0.3 is 15.4 Å². The van der Waals surface area contributed by atoms with Crippen molar-refractivity contribution in [3.05, 3.63) is 29.8 Å².